The molecule has 1 amide bonds. The molecule has 166 valence electrons. The number of halogens is 2. The number of carbonyl (C=O) groups excluding carboxylic acids is 1. The number of benzene rings is 3. The summed E-state index contributed by atoms with van der Waals surface area (Å²) in [5.74, 6) is -2.21. The van der Waals surface area contributed by atoms with E-state index in [4.69, 9.17) is 0 Å². The van der Waals surface area contributed by atoms with Crippen LogP contribution in [-0.4, -0.2) is 49.7 Å². The first-order valence-electron chi connectivity index (χ1n) is 10.0. The topological polar surface area (TPSA) is 69.7 Å². The summed E-state index contributed by atoms with van der Waals surface area (Å²) in [5, 5.41) is 3.23. The van der Waals surface area contributed by atoms with Gasteiger partial charge in [0.25, 0.3) is 5.91 Å². The summed E-state index contributed by atoms with van der Waals surface area (Å²) < 4.78 is 53.8. The van der Waals surface area contributed by atoms with E-state index in [-0.39, 0.29) is 32.1 Å². The quantitative estimate of drug-likeness (QED) is 0.632. The van der Waals surface area contributed by atoms with E-state index in [0.29, 0.717) is 17.3 Å². The molecule has 1 aliphatic rings. The molecule has 0 saturated carbocycles. The highest BCUT2D eigenvalue weighted by Crippen LogP contribution is 2.25. The Morgan fingerprint density at radius 2 is 1.50 bits per heavy atom. The van der Waals surface area contributed by atoms with E-state index < -0.39 is 26.6 Å². The average Bonchev–Trinajstić information content (AvgIpc) is 2.79. The average molecular weight is 458 g/mol. The van der Waals surface area contributed by atoms with Gasteiger partial charge >= 0.3 is 0 Å². The number of rotatable bonds is 5. The molecule has 0 atom stereocenters. The van der Waals surface area contributed by atoms with Gasteiger partial charge in [0.05, 0.1) is 11.3 Å². The van der Waals surface area contributed by atoms with Gasteiger partial charge < -0.3 is 10.2 Å². The Bertz CT molecular complexity index is 1230. The molecule has 4 rings (SSSR count). The fourth-order valence-corrected chi connectivity index (χ4v) is 5.05. The predicted molar refractivity (Wildman–Crippen MR) is 117 cm³/mol. The molecule has 0 bridgehead atoms. The highest BCUT2D eigenvalue weighted by atomic mass is 32.2. The number of carbonyl (C=O) groups is 1. The van der Waals surface area contributed by atoms with Gasteiger partial charge in [-0.2, -0.15) is 4.31 Å². The third-order valence-electron chi connectivity index (χ3n) is 5.25. The number of nitrogens with one attached hydrogen (secondary N) is 1. The molecule has 32 heavy (non-hydrogen) atoms. The van der Waals surface area contributed by atoms with Crippen molar-refractivity contribution in [1.29, 1.82) is 0 Å². The molecule has 0 unspecified atom stereocenters. The van der Waals surface area contributed by atoms with Gasteiger partial charge in [0, 0.05) is 37.9 Å². The van der Waals surface area contributed by atoms with Crippen molar-refractivity contribution in [2.45, 2.75) is 4.90 Å². The lowest BCUT2D eigenvalue weighted by molar-refractivity contribution is 0.0698. The molecule has 0 aliphatic carbocycles. The van der Waals surface area contributed by atoms with E-state index >= 15 is 0 Å². The van der Waals surface area contributed by atoms with Crippen LogP contribution in [-0.2, 0) is 10.0 Å². The second kappa shape index (κ2) is 9.05. The molecule has 3 aromatic carbocycles. The summed E-state index contributed by atoms with van der Waals surface area (Å²) in [6.07, 6.45) is 0. The van der Waals surface area contributed by atoms with E-state index in [2.05, 4.69) is 5.32 Å². The molecule has 6 nitrogen and oxygen atoms in total. The predicted octanol–water partition coefficient (Wildman–Crippen LogP) is 3.86. The fourth-order valence-electron chi connectivity index (χ4n) is 3.58. The molecule has 0 radical (unpaired) electrons. The Kier molecular flexibility index (Phi) is 6.20. The van der Waals surface area contributed by atoms with E-state index in [1.807, 2.05) is 36.4 Å². The van der Waals surface area contributed by atoms with Crippen molar-refractivity contribution < 1.29 is 22.0 Å². The molecule has 0 spiro atoms. The zero-order chi connectivity index (χ0) is 22.7. The van der Waals surface area contributed by atoms with Crippen LogP contribution < -0.4 is 5.32 Å². The van der Waals surface area contributed by atoms with Gasteiger partial charge in [-0.3, -0.25) is 4.79 Å². The molecule has 9 heteroatoms. The van der Waals surface area contributed by atoms with Crippen molar-refractivity contribution in [2.75, 3.05) is 31.5 Å². The monoisotopic (exact) mass is 457 g/mol. The molecular weight excluding hydrogens is 436 g/mol. The maximum Gasteiger partial charge on any atom is 0.256 e. The zero-order valence-corrected chi connectivity index (χ0v) is 17.9. The van der Waals surface area contributed by atoms with Crippen molar-refractivity contribution in [2.24, 2.45) is 0 Å². The molecule has 1 heterocycles. The first-order valence-corrected chi connectivity index (χ1v) is 11.5. The fraction of sp³-hybridized carbons (Fsp3) is 0.174. The summed E-state index contributed by atoms with van der Waals surface area (Å²) in [6, 6.07) is 18.9. The van der Waals surface area contributed by atoms with Crippen LogP contribution in [0, 0.1) is 11.6 Å². The first-order chi connectivity index (χ1) is 15.4. The molecule has 1 aliphatic heterocycles. The molecule has 0 aromatic heterocycles. The second-order valence-corrected chi connectivity index (χ2v) is 9.21. The summed E-state index contributed by atoms with van der Waals surface area (Å²) in [5.41, 5.74) is 1.95. The van der Waals surface area contributed by atoms with Crippen molar-refractivity contribution in [3.05, 3.63) is 90.0 Å². The van der Waals surface area contributed by atoms with Crippen molar-refractivity contribution in [1.82, 2.24) is 9.21 Å². The second-order valence-electron chi connectivity index (χ2n) is 7.31. The largest absolute Gasteiger partial charge is 0.355 e. The number of hydrogen-bond acceptors (Lipinski definition) is 4. The van der Waals surface area contributed by atoms with Gasteiger partial charge in [-0.05, 0) is 36.4 Å². The first kappa shape index (κ1) is 21.9. The number of hydrogen-bond donors (Lipinski definition) is 1. The number of sulfonamides is 1. The van der Waals surface area contributed by atoms with Crippen LogP contribution in [0.4, 0.5) is 20.2 Å². The van der Waals surface area contributed by atoms with Gasteiger partial charge in [-0.15, -0.1) is 0 Å². The van der Waals surface area contributed by atoms with Gasteiger partial charge in [-0.1, -0.05) is 30.3 Å². The smallest absolute Gasteiger partial charge is 0.256 e. The van der Waals surface area contributed by atoms with Crippen LogP contribution in [0.3, 0.4) is 0 Å². The number of amides is 1. The maximum absolute atomic E-state index is 14.0. The third-order valence-corrected chi connectivity index (χ3v) is 7.18. The zero-order valence-electron chi connectivity index (χ0n) is 17.0. The minimum Gasteiger partial charge on any atom is -0.355 e. The van der Waals surface area contributed by atoms with Crippen LogP contribution >= 0.6 is 0 Å². The highest BCUT2D eigenvalue weighted by molar-refractivity contribution is 7.89. The van der Waals surface area contributed by atoms with E-state index in [1.54, 1.807) is 23.1 Å². The van der Waals surface area contributed by atoms with Crippen LogP contribution in [0.15, 0.2) is 77.7 Å². The van der Waals surface area contributed by atoms with Gasteiger partial charge in [0.1, 0.15) is 16.5 Å². The van der Waals surface area contributed by atoms with Crippen molar-refractivity contribution >= 4 is 27.3 Å². The van der Waals surface area contributed by atoms with Gasteiger partial charge in [-0.25, -0.2) is 17.2 Å². The van der Waals surface area contributed by atoms with Crippen LogP contribution in [0.1, 0.15) is 10.4 Å². The normalized spacial score (nSPS) is 14.9. The third kappa shape index (κ3) is 4.49. The molecule has 1 N–H and O–H groups in total. The Morgan fingerprint density at radius 3 is 2.19 bits per heavy atom. The van der Waals surface area contributed by atoms with Crippen LogP contribution in [0.25, 0.3) is 0 Å². The summed E-state index contributed by atoms with van der Waals surface area (Å²) in [7, 11) is -4.13. The molecule has 1 fully saturated rings. The molecule has 3 aromatic rings. The molecule has 1 saturated heterocycles. The number of piperazine rings is 1. The SMILES string of the molecule is O=C(c1ccccc1Nc1ccccc1)N1CCN(S(=O)(=O)c2ccc(F)cc2F)CC1. The Balaban J connectivity index is 1.48. The minimum atomic E-state index is -4.13. The number of nitrogens with zero attached hydrogens (tertiary/aromatic N) is 2. The Labute approximate surface area is 185 Å². The van der Waals surface area contributed by atoms with E-state index in [0.717, 1.165) is 22.1 Å². The standard InChI is InChI=1S/C23H21F2N3O3S/c24-17-10-11-22(20(25)16-17)32(30,31)28-14-12-27(13-15-28)23(29)19-8-4-5-9-21(19)26-18-6-2-1-3-7-18/h1-11,16,26H,12-15H2. The Morgan fingerprint density at radius 1 is 0.844 bits per heavy atom. The van der Waals surface area contributed by atoms with Gasteiger partial charge in [0.15, 0.2) is 0 Å². The highest BCUT2D eigenvalue weighted by Gasteiger charge is 2.32. The van der Waals surface area contributed by atoms with E-state index in [9.17, 15) is 22.0 Å². The lowest BCUT2D eigenvalue weighted by atomic mass is 10.1. The van der Waals surface area contributed by atoms with Crippen LogP contribution in [0.5, 0.6) is 0 Å². The molecular formula is C23H21F2N3O3S. The van der Waals surface area contributed by atoms with Gasteiger partial charge in [0.2, 0.25) is 10.0 Å². The maximum atomic E-state index is 14.0. The lowest BCUT2D eigenvalue weighted by Gasteiger charge is -2.34. The minimum absolute atomic E-state index is 0.0131. The summed E-state index contributed by atoms with van der Waals surface area (Å²) >= 11 is 0. The summed E-state index contributed by atoms with van der Waals surface area (Å²) in [4.78, 5) is 14.1. The lowest BCUT2D eigenvalue weighted by Crippen LogP contribution is -2.50. The van der Waals surface area contributed by atoms with Crippen molar-refractivity contribution in [3.63, 3.8) is 0 Å². The number of anilines is 2. The number of para-hydroxylation sites is 2. The summed E-state index contributed by atoms with van der Waals surface area (Å²) in [6.45, 7) is 0.333. The van der Waals surface area contributed by atoms with Crippen LogP contribution in [0.2, 0.25) is 0 Å². The van der Waals surface area contributed by atoms with Crippen molar-refractivity contribution in [3.8, 4) is 0 Å². The Hall–Kier alpha value is -3.30. The van der Waals surface area contributed by atoms with E-state index in [1.165, 1.54) is 0 Å².